The van der Waals surface area contributed by atoms with Crippen molar-refractivity contribution < 1.29 is 4.74 Å². The molecule has 76 valence electrons. The lowest BCUT2D eigenvalue weighted by Crippen LogP contribution is -2.49. The lowest BCUT2D eigenvalue weighted by atomic mass is 9.85. The van der Waals surface area contributed by atoms with Crippen LogP contribution in [0, 0.1) is 5.92 Å². The van der Waals surface area contributed by atoms with Gasteiger partial charge in [-0.1, -0.05) is 6.42 Å². The molecule has 13 heavy (non-hydrogen) atoms. The second-order valence-electron chi connectivity index (χ2n) is 4.17. The number of morpholine rings is 1. The molecule has 2 aliphatic rings. The summed E-state index contributed by atoms with van der Waals surface area (Å²) in [7, 11) is 0. The number of halogens is 1. The SMILES string of the molecule is ClCC1COCCN1CC1CCC1. The first kappa shape index (κ1) is 9.75. The molecule has 2 nitrogen and oxygen atoms in total. The van der Waals surface area contributed by atoms with Gasteiger partial charge < -0.3 is 4.74 Å². The smallest absolute Gasteiger partial charge is 0.0634 e. The van der Waals surface area contributed by atoms with Gasteiger partial charge in [-0.3, -0.25) is 4.90 Å². The topological polar surface area (TPSA) is 12.5 Å². The van der Waals surface area contributed by atoms with E-state index in [1.54, 1.807) is 0 Å². The first-order valence-electron chi connectivity index (χ1n) is 5.28. The average molecular weight is 204 g/mol. The molecular formula is C10H18ClNO. The fourth-order valence-corrected chi connectivity index (χ4v) is 2.36. The molecule has 2 fully saturated rings. The molecule has 0 amide bonds. The Morgan fingerprint density at radius 2 is 2.23 bits per heavy atom. The van der Waals surface area contributed by atoms with Crippen molar-refractivity contribution in [3.63, 3.8) is 0 Å². The van der Waals surface area contributed by atoms with Gasteiger partial charge in [-0.05, 0) is 18.8 Å². The molecule has 1 aliphatic carbocycles. The fraction of sp³-hybridized carbons (Fsp3) is 1.00. The van der Waals surface area contributed by atoms with Crippen molar-refractivity contribution in [2.75, 3.05) is 32.2 Å². The molecular weight excluding hydrogens is 186 g/mol. The second-order valence-corrected chi connectivity index (χ2v) is 4.48. The number of nitrogens with zero attached hydrogens (tertiary/aromatic N) is 1. The van der Waals surface area contributed by atoms with Crippen LogP contribution in [0.1, 0.15) is 19.3 Å². The van der Waals surface area contributed by atoms with Gasteiger partial charge >= 0.3 is 0 Å². The van der Waals surface area contributed by atoms with Crippen LogP contribution >= 0.6 is 11.6 Å². The van der Waals surface area contributed by atoms with E-state index in [0.717, 1.165) is 25.7 Å². The van der Waals surface area contributed by atoms with Gasteiger partial charge in [0.25, 0.3) is 0 Å². The van der Waals surface area contributed by atoms with Crippen LogP contribution < -0.4 is 0 Å². The van der Waals surface area contributed by atoms with Crippen molar-refractivity contribution >= 4 is 11.6 Å². The van der Waals surface area contributed by atoms with Gasteiger partial charge in [0.2, 0.25) is 0 Å². The highest BCUT2D eigenvalue weighted by atomic mass is 35.5. The molecule has 0 aromatic carbocycles. The lowest BCUT2D eigenvalue weighted by molar-refractivity contribution is -0.0116. The molecule has 1 saturated carbocycles. The first-order chi connectivity index (χ1) is 6.40. The molecule has 1 unspecified atom stereocenters. The minimum absolute atomic E-state index is 0.469. The third-order valence-corrected chi connectivity index (χ3v) is 3.60. The summed E-state index contributed by atoms with van der Waals surface area (Å²) in [5, 5.41) is 0. The van der Waals surface area contributed by atoms with Crippen molar-refractivity contribution in [3.05, 3.63) is 0 Å². The number of hydrogen-bond acceptors (Lipinski definition) is 2. The van der Waals surface area contributed by atoms with Gasteiger partial charge in [0.1, 0.15) is 0 Å². The Morgan fingerprint density at radius 3 is 2.85 bits per heavy atom. The Kier molecular flexibility index (Phi) is 3.47. The second kappa shape index (κ2) is 4.63. The van der Waals surface area contributed by atoms with E-state index in [2.05, 4.69) is 4.90 Å². The molecule has 1 heterocycles. The molecule has 1 aliphatic heterocycles. The summed E-state index contributed by atoms with van der Waals surface area (Å²) < 4.78 is 5.41. The molecule has 0 aromatic heterocycles. The lowest BCUT2D eigenvalue weighted by Gasteiger charge is -2.39. The summed E-state index contributed by atoms with van der Waals surface area (Å²) in [5.74, 6) is 1.66. The van der Waals surface area contributed by atoms with E-state index in [1.807, 2.05) is 0 Å². The molecule has 3 heteroatoms. The van der Waals surface area contributed by atoms with Crippen LogP contribution in [0.3, 0.4) is 0 Å². The molecule has 1 atom stereocenters. The summed E-state index contributed by atoms with van der Waals surface area (Å²) in [4.78, 5) is 2.51. The first-order valence-corrected chi connectivity index (χ1v) is 5.81. The maximum atomic E-state index is 5.90. The zero-order chi connectivity index (χ0) is 9.10. The summed E-state index contributed by atoms with van der Waals surface area (Å²) in [6.07, 6.45) is 4.28. The maximum Gasteiger partial charge on any atom is 0.0634 e. The molecule has 2 rings (SSSR count). The van der Waals surface area contributed by atoms with Crippen LogP contribution in [0.5, 0.6) is 0 Å². The van der Waals surface area contributed by atoms with E-state index in [-0.39, 0.29) is 0 Å². The number of rotatable bonds is 3. The zero-order valence-electron chi connectivity index (χ0n) is 8.04. The average Bonchev–Trinajstić information content (AvgIpc) is 2.12. The van der Waals surface area contributed by atoms with Crippen molar-refractivity contribution in [1.82, 2.24) is 4.90 Å². The Hall–Kier alpha value is 0.210. The van der Waals surface area contributed by atoms with Crippen LogP contribution in [0.2, 0.25) is 0 Å². The van der Waals surface area contributed by atoms with Gasteiger partial charge in [-0.25, -0.2) is 0 Å². The van der Waals surface area contributed by atoms with Crippen molar-refractivity contribution in [1.29, 1.82) is 0 Å². The van der Waals surface area contributed by atoms with E-state index in [9.17, 15) is 0 Å². The van der Waals surface area contributed by atoms with Crippen molar-refractivity contribution in [2.24, 2.45) is 5.92 Å². The van der Waals surface area contributed by atoms with E-state index >= 15 is 0 Å². The third-order valence-electron chi connectivity index (χ3n) is 3.25. The minimum atomic E-state index is 0.469. The van der Waals surface area contributed by atoms with Crippen LogP contribution in [0.4, 0.5) is 0 Å². The van der Waals surface area contributed by atoms with E-state index < -0.39 is 0 Å². The minimum Gasteiger partial charge on any atom is -0.378 e. The molecule has 0 spiro atoms. The molecule has 0 bridgehead atoms. The number of ether oxygens (including phenoxy) is 1. The highest BCUT2D eigenvalue weighted by Crippen LogP contribution is 2.28. The predicted octanol–water partition coefficient (Wildman–Crippen LogP) is 1.73. The molecule has 0 radical (unpaired) electrons. The monoisotopic (exact) mass is 203 g/mol. The Labute approximate surface area is 85.2 Å². The molecule has 1 saturated heterocycles. The van der Waals surface area contributed by atoms with Crippen molar-refractivity contribution in [3.8, 4) is 0 Å². The van der Waals surface area contributed by atoms with Crippen LogP contribution in [-0.4, -0.2) is 43.1 Å². The third kappa shape index (κ3) is 2.36. The Balaban J connectivity index is 1.79. The van der Waals surface area contributed by atoms with Crippen LogP contribution in [-0.2, 0) is 4.74 Å². The summed E-state index contributed by atoms with van der Waals surface area (Å²) in [5.41, 5.74) is 0. The Bertz CT molecular complexity index is 161. The number of alkyl halides is 1. The highest BCUT2D eigenvalue weighted by Gasteiger charge is 2.27. The zero-order valence-corrected chi connectivity index (χ0v) is 8.80. The van der Waals surface area contributed by atoms with Gasteiger partial charge in [-0.15, -0.1) is 11.6 Å². The Morgan fingerprint density at radius 1 is 1.38 bits per heavy atom. The van der Waals surface area contributed by atoms with Gasteiger partial charge in [0, 0.05) is 25.0 Å². The summed E-state index contributed by atoms with van der Waals surface area (Å²) in [6, 6.07) is 0.469. The van der Waals surface area contributed by atoms with Gasteiger partial charge in [-0.2, -0.15) is 0 Å². The predicted molar refractivity (Wildman–Crippen MR) is 54.2 cm³/mol. The summed E-state index contributed by atoms with van der Waals surface area (Å²) >= 11 is 5.90. The van der Waals surface area contributed by atoms with Crippen LogP contribution in [0.15, 0.2) is 0 Å². The van der Waals surface area contributed by atoms with Gasteiger partial charge in [0.15, 0.2) is 0 Å². The van der Waals surface area contributed by atoms with E-state index in [4.69, 9.17) is 16.3 Å². The van der Waals surface area contributed by atoms with Crippen molar-refractivity contribution in [2.45, 2.75) is 25.3 Å². The highest BCUT2D eigenvalue weighted by molar-refractivity contribution is 6.18. The normalized spacial score (nSPS) is 31.6. The fourth-order valence-electron chi connectivity index (χ4n) is 2.08. The standard InChI is InChI=1S/C10H18ClNO/c11-6-10-8-13-5-4-12(10)7-9-2-1-3-9/h9-10H,1-8H2. The molecule has 0 N–H and O–H groups in total. The number of hydrogen-bond donors (Lipinski definition) is 0. The van der Waals surface area contributed by atoms with E-state index in [0.29, 0.717) is 11.9 Å². The molecule has 0 aromatic rings. The summed E-state index contributed by atoms with van der Waals surface area (Å²) in [6.45, 7) is 4.05. The maximum absolute atomic E-state index is 5.90. The van der Waals surface area contributed by atoms with Crippen LogP contribution in [0.25, 0.3) is 0 Å². The largest absolute Gasteiger partial charge is 0.378 e. The van der Waals surface area contributed by atoms with Gasteiger partial charge in [0.05, 0.1) is 13.2 Å². The quantitative estimate of drug-likeness (QED) is 0.648. The van der Waals surface area contributed by atoms with E-state index in [1.165, 1.54) is 25.8 Å².